The summed E-state index contributed by atoms with van der Waals surface area (Å²) in [6, 6.07) is 6.84. The summed E-state index contributed by atoms with van der Waals surface area (Å²) in [5, 5.41) is 4.40. The van der Waals surface area contributed by atoms with E-state index in [2.05, 4.69) is 59.5 Å². The van der Waals surface area contributed by atoms with Crippen molar-refractivity contribution in [3.05, 3.63) is 41.6 Å². The van der Waals surface area contributed by atoms with Crippen molar-refractivity contribution in [3.8, 4) is 0 Å². The van der Waals surface area contributed by atoms with Gasteiger partial charge in [0.05, 0.1) is 5.92 Å². The number of nitrogens with zero attached hydrogens (tertiary/aromatic N) is 1. The molecule has 0 bridgehead atoms. The number of aromatic nitrogens is 1. The summed E-state index contributed by atoms with van der Waals surface area (Å²) in [5.74, 6) is 0.104. The molecule has 2 aromatic rings. The predicted molar refractivity (Wildman–Crippen MR) is 97.8 cm³/mol. The number of carbonyl (C=O) groups excluding carboxylic acids is 1. The van der Waals surface area contributed by atoms with E-state index in [0.29, 0.717) is 6.04 Å². The first-order chi connectivity index (χ1) is 11.7. The fourth-order valence-corrected chi connectivity index (χ4v) is 4.22. The molecule has 1 aromatic carbocycles. The van der Waals surface area contributed by atoms with E-state index in [-0.39, 0.29) is 11.8 Å². The van der Waals surface area contributed by atoms with Gasteiger partial charge in [0.15, 0.2) is 0 Å². The Hall–Kier alpha value is -2.07. The van der Waals surface area contributed by atoms with E-state index in [1.807, 2.05) is 0 Å². The Labute approximate surface area is 142 Å². The van der Waals surface area contributed by atoms with Crippen LogP contribution in [0.5, 0.6) is 0 Å². The minimum absolute atomic E-state index is 0.0569. The van der Waals surface area contributed by atoms with Crippen LogP contribution in [-0.4, -0.2) is 41.5 Å². The molecule has 0 saturated carbocycles. The molecule has 126 valence electrons. The van der Waals surface area contributed by atoms with Gasteiger partial charge in [0.2, 0.25) is 5.91 Å². The van der Waals surface area contributed by atoms with Crippen molar-refractivity contribution in [1.29, 1.82) is 0 Å². The van der Waals surface area contributed by atoms with Gasteiger partial charge in [0.1, 0.15) is 0 Å². The molecule has 0 fully saturated rings. The maximum atomic E-state index is 12.5. The molecule has 2 atom stereocenters. The quantitative estimate of drug-likeness (QED) is 0.909. The van der Waals surface area contributed by atoms with Crippen LogP contribution in [0.4, 0.5) is 0 Å². The number of aromatic amines is 1. The molecule has 2 aliphatic rings. The van der Waals surface area contributed by atoms with Crippen molar-refractivity contribution in [1.82, 2.24) is 15.2 Å². The van der Waals surface area contributed by atoms with Crippen LogP contribution in [0.3, 0.4) is 0 Å². The van der Waals surface area contributed by atoms with E-state index in [0.717, 1.165) is 32.5 Å². The molecule has 0 radical (unpaired) electrons. The molecule has 1 aliphatic heterocycles. The number of rotatable bonds is 4. The Morgan fingerprint density at radius 3 is 3.04 bits per heavy atom. The lowest BCUT2D eigenvalue weighted by molar-refractivity contribution is -0.124. The molecule has 1 aliphatic carbocycles. The summed E-state index contributed by atoms with van der Waals surface area (Å²) in [6.07, 6.45) is 6.38. The zero-order chi connectivity index (χ0) is 16.7. The molecular weight excluding hydrogens is 298 g/mol. The minimum Gasteiger partial charge on any atom is -0.361 e. The molecule has 2 heterocycles. The van der Waals surface area contributed by atoms with E-state index in [9.17, 15) is 4.79 Å². The zero-order valence-corrected chi connectivity index (χ0v) is 14.4. The van der Waals surface area contributed by atoms with Crippen LogP contribution in [0.25, 0.3) is 16.5 Å². The minimum atomic E-state index is -0.0569. The third-order valence-corrected chi connectivity index (χ3v) is 5.42. The summed E-state index contributed by atoms with van der Waals surface area (Å²) in [7, 11) is 0. The third kappa shape index (κ3) is 2.37. The van der Waals surface area contributed by atoms with Crippen LogP contribution in [-0.2, 0) is 11.2 Å². The van der Waals surface area contributed by atoms with E-state index < -0.39 is 0 Å². The largest absolute Gasteiger partial charge is 0.361 e. The van der Waals surface area contributed by atoms with Crippen molar-refractivity contribution in [2.24, 2.45) is 5.92 Å². The fraction of sp³-hybridized carbons (Fsp3) is 0.450. The molecule has 4 rings (SSSR count). The molecule has 2 unspecified atom stereocenters. The van der Waals surface area contributed by atoms with Gasteiger partial charge < -0.3 is 10.3 Å². The van der Waals surface area contributed by atoms with Crippen molar-refractivity contribution in [2.75, 3.05) is 19.6 Å². The zero-order valence-electron chi connectivity index (χ0n) is 14.4. The Balaban J connectivity index is 1.78. The van der Waals surface area contributed by atoms with Crippen molar-refractivity contribution in [2.45, 2.75) is 32.7 Å². The highest BCUT2D eigenvalue weighted by atomic mass is 16.1. The summed E-state index contributed by atoms with van der Waals surface area (Å²) in [4.78, 5) is 18.4. The van der Waals surface area contributed by atoms with Gasteiger partial charge in [-0.1, -0.05) is 32.1 Å². The highest BCUT2D eigenvalue weighted by Crippen LogP contribution is 2.41. The molecule has 24 heavy (non-hydrogen) atoms. The monoisotopic (exact) mass is 323 g/mol. The van der Waals surface area contributed by atoms with Gasteiger partial charge in [-0.2, -0.15) is 0 Å². The van der Waals surface area contributed by atoms with Gasteiger partial charge in [-0.3, -0.25) is 9.69 Å². The smallest absolute Gasteiger partial charge is 0.228 e. The first-order valence-corrected chi connectivity index (χ1v) is 9.05. The topological polar surface area (TPSA) is 48.1 Å². The summed E-state index contributed by atoms with van der Waals surface area (Å²) in [6.45, 7) is 6.82. The molecular formula is C20H25N3O. The second-order valence-corrected chi connectivity index (χ2v) is 6.87. The number of likely N-dealkylation sites (N-methyl/N-ethyl adjacent to an activating group) is 1. The summed E-state index contributed by atoms with van der Waals surface area (Å²) < 4.78 is 0. The van der Waals surface area contributed by atoms with Gasteiger partial charge in [0.25, 0.3) is 0 Å². The van der Waals surface area contributed by atoms with Crippen LogP contribution in [0.1, 0.15) is 31.4 Å². The van der Waals surface area contributed by atoms with Gasteiger partial charge in [-0.05, 0) is 42.2 Å². The Bertz CT molecular complexity index is 804. The van der Waals surface area contributed by atoms with Crippen LogP contribution in [0.2, 0.25) is 0 Å². The van der Waals surface area contributed by atoms with Crippen molar-refractivity contribution >= 4 is 22.4 Å². The molecule has 4 heteroatoms. The molecule has 1 amide bonds. The van der Waals surface area contributed by atoms with Gasteiger partial charge in [-0.25, -0.2) is 0 Å². The SMILES string of the molecule is CCCNC(=O)C1C=C2c3cccc4[nH]cc(c34)CC2N(CC)C1. The molecule has 0 saturated heterocycles. The number of benzene rings is 1. The molecule has 0 spiro atoms. The number of fused-ring (bicyclic) bond motifs is 2. The molecule has 2 N–H and O–H groups in total. The number of hydrogen-bond donors (Lipinski definition) is 2. The van der Waals surface area contributed by atoms with Crippen LogP contribution < -0.4 is 5.32 Å². The Morgan fingerprint density at radius 2 is 2.25 bits per heavy atom. The van der Waals surface area contributed by atoms with Crippen molar-refractivity contribution in [3.63, 3.8) is 0 Å². The maximum absolute atomic E-state index is 12.5. The van der Waals surface area contributed by atoms with E-state index in [1.54, 1.807) is 0 Å². The normalized spacial score (nSPS) is 23.0. The second kappa shape index (κ2) is 6.10. The average molecular weight is 323 g/mol. The third-order valence-electron chi connectivity index (χ3n) is 5.42. The number of carbonyl (C=O) groups is 1. The van der Waals surface area contributed by atoms with Crippen LogP contribution in [0, 0.1) is 5.92 Å². The molecule has 4 nitrogen and oxygen atoms in total. The highest BCUT2D eigenvalue weighted by molar-refractivity contribution is 5.99. The Kier molecular flexibility index (Phi) is 3.93. The first kappa shape index (κ1) is 15.5. The van der Waals surface area contributed by atoms with E-state index >= 15 is 0 Å². The lowest BCUT2D eigenvalue weighted by Crippen LogP contribution is -2.48. The van der Waals surface area contributed by atoms with Crippen LogP contribution in [0.15, 0.2) is 30.5 Å². The lowest BCUT2D eigenvalue weighted by atomic mass is 9.79. The molecule has 1 aromatic heterocycles. The lowest BCUT2D eigenvalue weighted by Gasteiger charge is -2.41. The Morgan fingerprint density at radius 1 is 1.38 bits per heavy atom. The fourth-order valence-electron chi connectivity index (χ4n) is 4.22. The number of H-pyrrole nitrogens is 1. The number of amides is 1. The van der Waals surface area contributed by atoms with Crippen LogP contribution >= 0.6 is 0 Å². The summed E-state index contributed by atoms with van der Waals surface area (Å²) >= 11 is 0. The summed E-state index contributed by atoms with van der Waals surface area (Å²) in [5.41, 5.74) is 5.22. The van der Waals surface area contributed by atoms with E-state index in [1.165, 1.54) is 27.6 Å². The number of hydrogen-bond acceptors (Lipinski definition) is 2. The van der Waals surface area contributed by atoms with Crippen molar-refractivity contribution < 1.29 is 4.79 Å². The van der Waals surface area contributed by atoms with Gasteiger partial charge in [-0.15, -0.1) is 0 Å². The van der Waals surface area contributed by atoms with Gasteiger partial charge >= 0.3 is 0 Å². The van der Waals surface area contributed by atoms with Gasteiger partial charge in [0, 0.05) is 36.2 Å². The second-order valence-electron chi connectivity index (χ2n) is 6.87. The van der Waals surface area contributed by atoms with E-state index in [4.69, 9.17) is 0 Å². The number of nitrogens with one attached hydrogen (secondary N) is 2. The average Bonchev–Trinajstić information content (AvgIpc) is 3.03. The first-order valence-electron chi connectivity index (χ1n) is 9.05. The highest BCUT2D eigenvalue weighted by Gasteiger charge is 2.36. The maximum Gasteiger partial charge on any atom is 0.228 e. The standard InChI is InChI=1S/C20H25N3O/c1-3-8-21-20(24)14-9-16-15-6-5-7-17-19(15)13(11-22-17)10-18(16)23(4-2)12-14/h5-7,9,11,14,18,22H,3-4,8,10,12H2,1-2H3,(H,21,24). The predicted octanol–water partition coefficient (Wildman–Crippen LogP) is 2.95.